The second kappa shape index (κ2) is 13.8. The Kier molecular flexibility index (Phi) is 9.53. The van der Waals surface area contributed by atoms with E-state index in [2.05, 4.69) is 13.0 Å². The molecule has 1 aromatic heterocycles. The molecule has 1 amide bonds. The van der Waals surface area contributed by atoms with E-state index in [0.717, 1.165) is 33.8 Å². The van der Waals surface area contributed by atoms with E-state index in [9.17, 15) is 18.0 Å². The number of benzene rings is 3. The molecule has 0 radical (unpaired) electrons. The van der Waals surface area contributed by atoms with E-state index in [-0.39, 0.29) is 30.5 Å². The van der Waals surface area contributed by atoms with Crippen LogP contribution in [0.15, 0.2) is 84.9 Å². The maximum Gasteiger partial charge on any atom is 0.421 e. The van der Waals surface area contributed by atoms with Crippen molar-refractivity contribution in [2.24, 2.45) is 5.92 Å². The van der Waals surface area contributed by atoms with E-state index in [1.165, 1.54) is 19.2 Å². The van der Waals surface area contributed by atoms with E-state index in [1.54, 1.807) is 11.0 Å². The number of alkyl halides is 3. The Labute approximate surface area is 279 Å². The number of aromatic nitrogens is 1. The van der Waals surface area contributed by atoms with E-state index in [1.807, 2.05) is 72.5 Å². The predicted molar refractivity (Wildman–Crippen MR) is 178 cm³/mol. The zero-order valence-corrected chi connectivity index (χ0v) is 27.4. The molecule has 4 aromatic rings. The highest BCUT2D eigenvalue weighted by molar-refractivity contribution is 5.71. The van der Waals surface area contributed by atoms with Crippen molar-refractivity contribution in [3.05, 3.63) is 107 Å². The third kappa shape index (κ3) is 6.40. The first-order valence-corrected chi connectivity index (χ1v) is 16.4. The number of ether oxygens (including phenoxy) is 3. The third-order valence-electron chi connectivity index (χ3n) is 9.64. The lowest BCUT2D eigenvalue weighted by atomic mass is 9.62. The molecule has 1 saturated heterocycles. The third-order valence-corrected chi connectivity index (χ3v) is 9.64. The second-order valence-corrected chi connectivity index (χ2v) is 12.3. The van der Waals surface area contributed by atoms with Crippen LogP contribution < -0.4 is 14.4 Å². The number of anilines is 1. The number of carbonyl (C=O) groups is 1. The van der Waals surface area contributed by atoms with E-state index in [4.69, 9.17) is 19.2 Å². The van der Waals surface area contributed by atoms with Crippen molar-refractivity contribution in [1.29, 1.82) is 0 Å². The monoisotopic (exact) mass is 659 g/mol. The number of hydrogen-bond acceptors (Lipinski definition) is 6. The summed E-state index contributed by atoms with van der Waals surface area (Å²) in [5, 5.41) is 0. The minimum atomic E-state index is -4.59. The molecule has 10 heteroatoms. The first kappa shape index (κ1) is 33.2. The number of para-hydroxylation sites is 1. The van der Waals surface area contributed by atoms with Crippen LogP contribution in [0, 0.1) is 5.92 Å². The number of pyridine rings is 1. The van der Waals surface area contributed by atoms with Gasteiger partial charge in [-0.1, -0.05) is 67.9 Å². The molecule has 3 heterocycles. The highest BCUT2D eigenvalue weighted by Crippen LogP contribution is 2.50. The molecule has 48 heavy (non-hydrogen) atoms. The number of halogens is 3. The van der Waals surface area contributed by atoms with Crippen LogP contribution in [0.1, 0.15) is 49.1 Å². The Morgan fingerprint density at radius 2 is 1.71 bits per heavy atom. The number of hydrogen-bond donors (Lipinski definition) is 0. The van der Waals surface area contributed by atoms with E-state index < -0.39 is 23.2 Å². The zero-order valence-electron chi connectivity index (χ0n) is 27.4. The predicted octanol–water partition coefficient (Wildman–Crippen LogP) is 8.50. The zero-order chi connectivity index (χ0) is 33.9. The fourth-order valence-corrected chi connectivity index (χ4v) is 7.40. The number of carbonyl (C=O) groups excluding carboxylic acids is 1. The molecule has 0 aliphatic carbocycles. The molecule has 0 unspecified atom stereocenters. The lowest BCUT2D eigenvalue weighted by Gasteiger charge is -2.53. The number of piperidine rings is 1. The van der Waals surface area contributed by atoms with Gasteiger partial charge in [0.05, 0.1) is 37.3 Å². The molecule has 1 fully saturated rings. The maximum atomic E-state index is 14.4. The number of nitrogens with zero attached hydrogens (tertiary/aromatic N) is 3. The van der Waals surface area contributed by atoms with Crippen molar-refractivity contribution < 1.29 is 32.2 Å². The van der Waals surface area contributed by atoms with Crippen LogP contribution in [0.4, 0.5) is 23.7 Å². The molecule has 0 saturated carbocycles. The second-order valence-electron chi connectivity index (χ2n) is 12.3. The fourth-order valence-electron chi connectivity index (χ4n) is 7.40. The van der Waals surface area contributed by atoms with Gasteiger partial charge < -0.3 is 24.0 Å². The molecular formula is C38H40F3N3O4. The first-order valence-electron chi connectivity index (χ1n) is 16.4. The van der Waals surface area contributed by atoms with Crippen LogP contribution in [-0.2, 0) is 29.5 Å². The van der Waals surface area contributed by atoms with Crippen LogP contribution in [0.5, 0.6) is 11.5 Å². The summed E-state index contributed by atoms with van der Waals surface area (Å²) in [7, 11) is 1.26. The Hall–Kier alpha value is -4.73. The summed E-state index contributed by atoms with van der Waals surface area (Å²) in [6.07, 6.45) is -3.84. The molecular weight excluding hydrogens is 619 g/mol. The summed E-state index contributed by atoms with van der Waals surface area (Å²) in [6.45, 7) is 5.97. The quantitative estimate of drug-likeness (QED) is 0.189. The normalized spacial score (nSPS) is 19.2. The van der Waals surface area contributed by atoms with Crippen molar-refractivity contribution in [2.45, 2.75) is 51.4 Å². The standard InChI is InChI=1S/C38H40F3N3O4/c1-4-27-22-43(32-15-11-17-34(46-3)35(32)38(39,40)41)21-20-37(27)25-44(36(45)48-24-26-12-7-6-8-13-26)23-31-29(37)18-19-30(42-31)28-14-9-10-16-33(28)47-5-2/h6-19,27H,4-5,20-25H2,1-3H3/t27-,37+/m1/s1. The van der Waals surface area contributed by atoms with Gasteiger partial charge in [0.2, 0.25) is 0 Å². The summed E-state index contributed by atoms with van der Waals surface area (Å²) in [5.74, 6) is 0.425. The summed E-state index contributed by atoms with van der Waals surface area (Å²) >= 11 is 0. The Balaban J connectivity index is 1.39. The molecule has 2 aliphatic heterocycles. The van der Waals surface area contributed by atoms with Gasteiger partial charge in [0.1, 0.15) is 23.7 Å². The molecule has 252 valence electrons. The van der Waals surface area contributed by atoms with Crippen LogP contribution in [0.2, 0.25) is 0 Å². The van der Waals surface area contributed by atoms with Gasteiger partial charge in [0, 0.05) is 30.6 Å². The molecule has 2 aliphatic rings. The van der Waals surface area contributed by atoms with E-state index >= 15 is 0 Å². The minimum absolute atomic E-state index is 0.0923. The maximum absolute atomic E-state index is 14.4. The molecule has 0 N–H and O–H groups in total. The van der Waals surface area contributed by atoms with Gasteiger partial charge in [-0.15, -0.1) is 0 Å². The van der Waals surface area contributed by atoms with Gasteiger partial charge in [-0.25, -0.2) is 4.79 Å². The summed E-state index contributed by atoms with van der Waals surface area (Å²) < 4.78 is 60.0. The highest BCUT2D eigenvalue weighted by Gasteiger charge is 2.50. The average molecular weight is 660 g/mol. The number of rotatable bonds is 8. The van der Waals surface area contributed by atoms with Gasteiger partial charge in [-0.2, -0.15) is 13.2 Å². The van der Waals surface area contributed by atoms with Crippen LogP contribution in [-0.4, -0.2) is 49.3 Å². The van der Waals surface area contributed by atoms with Crippen molar-refractivity contribution in [3.63, 3.8) is 0 Å². The Morgan fingerprint density at radius 3 is 2.44 bits per heavy atom. The molecule has 2 atom stereocenters. The van der Waals surface area contributed by atoms with Crippen molar-refractivity contribution >= 4 is 11.8 Å². The van der Waals surface area contributed by atoms with Crippen molar-refractivity contribution in [2.75, 3.05) is 38.3 Å². The lowest BCUT2D eigenvalue weighted by molar-refractivity contribution is -0.138. The highest BCUT2D eigenvalue weighted by atomic mass is 19.4. The summed E-state index contributed by atoms with van der Waals surface area (Å²) in [5.41, 5.74) is 3.02. The average Bonchev–Trinajstić information content (AvgIpc) is 3.10. The van der Waals surface area contributed by atoms with Gasteiger partial charge >= 0.3 is 12.3 Å². The topological polar surface area (TPSA) is 64.1 Å². The van der Waals surface area contributed by atoms with Crippen molar-refractivity contribution in [1.82, 2.24) is 9.88 Å². The van der Waals surface area contributed by atoms with Gasteiger partial charge in [0.15, 0.2) is 0 Å². The van der Waals surface area contributed by atoms with Crippen LogP contribution in [0.3, 0.4) is 0 Å². The fraction of sp³-hybridized carbons (Fsp3) is 0.368. The molecule has 1 spiro atoms. The Morgan fingerprint density at radius 1 is 0.958 bits per heavy atom. The van der Waals surface area contributed by atoms with Crippen LogP contribution >= 0.6 is 0 Å². The number of methoxy groups -OCH3 is 1. The van der Waals surface area contributed by atoms with E-state index in [0.29, 0.717) is 39.1 Å². The smallest absolute Gasteiger partial charge is 0.421 e. The van der Waals surface area contributed by atoms with Gasteiger partial charge in [0.25, 0.3) is 0 Å². The molecule has 3 aromatic carbocycles. The van der Waals surface area contributed by atoms with Crippen molar-refractivity contribution in [3.8, 4) is 22.8 Å². The number of fused-ring (bicyclic) bond motifs is 2. The lowest BCUT2D eigenvalue weighted by Crippen LogP contribution is -2.58. The van der Waals surface area contributed by atoms with Gasteiger partial charge in [-0.3, -0.25) is 4.98 Å². The number of amides is 1. The Bertz CT molecular complexity index is 1750. The minimum Gasteiger partial charge on any atom is -0.496 e. The summed E-state index contributed by atoms with van der Waals surface area (Å²) in [6, 6.07) is 25.8. The van der Waals surface area contributed by atoms with Crippen LogP contribution in [0.25, 0.3) is 11.3 Å². The molecule has 0 bridgehead atoms. The first-order chi connectivity index (χ1) is 23.2. The SMILES string of the molecule is CCOc1ccccc1-c1ccc2c(n1)CN(C(=O)OCc1ccccc1)C[C@]21CCN(c2cccc(OC)c2C(F)(F)F)C[C@H]1CC. The molecule has 6 rings (SSSR count). The summed E-state index contributed by atoms with van der Waals surface area (Å²) in [4.78, 5) is 22.4. The molecule has 7 nitrogen and oxygen atoms in total. The largest absolute Gasteiger partial charge is 0.496 e. The van der Waals surface area contributed by atoms with Gasteiger partial charge in [-0.05, 0) is 60.7 Å².